The summed E-state index contributed by atoms with van der Waals surface area (Å²) in [5.41, 5.74) is 12.8. The van der Waals surface area contributed by atoms with Crippen molar-refractivity contribution in [2.24, 2.45) is 5.73 Å². The van der Waals surface area contributed by atoms with Crippen LogP contribution in [0.1, 0.15) is 45.5 Å². The van der Waals surface area contributed by atoms with Gasteiger partial charge in [-0.15, -0.1) is 0 Å². The molecule has 5 heteroatoms. The van der Waals surface area contributed by atoms with E-state index in [0.29, 0.717) is 6.42 Å². The van der Waals surface area contributed by atoms with Gasteiger partial charge in [0, 0.05) is 0 Å². The van der Waals surface area contributed by atoms with E-state index in [1.807, 2.05) is 74.5 Å². The van der Waals surface area contributed by atoms with Crippen LogP contribution in [0.4, 0.5) is 0 Å². The smallest absolute Gasteiger partial charge is 0.212 e. The number of aryl methyl sites for hydroxylation is 3. The topological polar surface area (TPSA) is 72.2 Å². The number of hydrogen-bond donors (Lipinski definition) is 2. The van der Waals surface area contributed by atoms with Crippen LogP contribution in [0.2, 0.25) is 0 Å². The molecule has 0 spiro atoms. The average molecular weight is 423 g/mol. The van der Waals surface area contributed by atoms with Gasteiger partial charge < -0.3 is 5.73 Å². The predicted molar refractivity (Wildman–Crippen MR) is 124 cm³/mol. The molecular formula is C25H30N2O2S. The summed E-state index contributed by atoms with van der Waals surface area (Å²) in [7, 11) is -3.55. The van der Waals surface area contributed by atoms with Gasteiger partial charge in [0.25, 0.3) is 0 Å². The Morgan fingerprint density at radius 1 is 0.833 bits per heavy atom. The summed E-state index contributed by atoms with van der Waals surface area (Å²) in [5, 5.41) is 0. The zero-order valence-electron chi connectivity index (χ0n) is 17.8. The van der Waals surface area contributed by atoms with Crippen LogP contribution in [0, 0.1) is 20.8 Å². The Bertz CT molecular complexity index is 1060. The van der Waals surface area contributed by atoms with Crippen LogP contribution in [-0.4, -0.2) is 14.2 Å². The second-order valence-corrected chi connectivity index (χ2v) is 9.76. The van der Waals surface area contributed by atoms with Gasteiger partial charge >= 0.3 is 0 Å². The van der Waals surface area contributed by atoms with Gasteiger partial charge in [0.1, 0.15) is 0 Å². The van der Waals surface area contributed by atoms with Crippen molar-refractivity contribution in [3.8, 4) is 0 Å². The first-order chi connectivity index (χ1) is 14.3. The molecule has 4 nitrogen and oxygen atoms in total. The summed E-state index contributed by atoms with van der Waals surface area (Å²) in [6, 6.07) is 22.3. The van der Waals surface area contributed by atoms with Gasteiger partial charge in [-0.1, -0.05) is 78.4 Å². The van der Waals surface area contributed by atoms with E-state index < -0.39 is 22.1 Å². The Labute approximate surface area is 180 Å². The Morgan fingerprint density at radius 3 is 1.87 bits per heavy atom. The lowest BCUT2D eigenvalue weighted by Gasteiger charge is -2.26. The van der Waals surface area contributed by atoms with E-state index in [-0.39, 0.29) is 5.75 Å². The highest BCUT2D eigenvalue weighted by molar-refractivity contribution is 7.89. The van der Waals surface area contributed by atoms with Crippen LogP contribution in [0.25, 0.3) is 0 Å². The summed E-state index contributed by atoms with van der Waals surface area (Å²) in [5.74, 6) is 0.0165. The molecule has 2 unspecified atom stereocenters. The quantitative estimate of drug-likeness (QED) is 0.561. The van der Waals surface area contributed by atoms with Crippen LogP contribution in [0.15, 0.2) is 72.8 Å². The van der Waals surface area contributed by atoms with Gasteiger partial charge in [0.2, 0.25) is 10.0 Å². The molecule has 30 heavy (non-hydrogen) atoms. The summed E-state index contributed by atoms with van der Waals surface area (Å²) >= 11 is 0. The van der Waals surface area contributed by atoms with Crippen molar-refractivity contribution in [3.05, 3.63) is 106 Å². The van der Waals surface area contributed by atoms with Gasteiger partial charge in [-0.25, -0.2) is 13.1 Å². The Hall–Kier alpha value is -2.47. The Morgan fingerprint density at radius 2 is 1.33 bits per heavy atom. The molecule has 3 N–H and O–H groups in total. The highest BCUT2D eigenvalue weighted by Gasteiger charge is 2.26. The zero-order valence-corrected chi connectivity index (χ0v) is 18.6. The van der Waals surface area contributed by atoms with Gasteiger partial charge in [0.15, 0.2) is 0 Å². The number of benzene rings is 3. The molecule has 0 radical (unpaired) electrons. The van der Waals surface area contributed by atoms with E-state index in [1.54, 1.807) is 0 Å². The largest absolute Gasteiger partial charge is 0.322 e. The van der Waals surface area contributed by atoms with Crippen molar-refractivity contribution in [1.29, 1.82) is 0 Å². The molecule has 0 fully saturated rings. The number of nitrogens with one attached hydrogen (secondary N) is 1. The molecule has 0 bridgehead atoms. The molecular weight excluding hydrogens is 392 g/mol. The molecule has 0 saturated heterocycles. The number of hydrogen-bond acceptors (Lipinski definition) is 3. The van der Waals surface area contributed by atoms with Crippen LogP contribution in [-0.2, 0) is 16.4 Å². The maximum absolute atomic E-state index is 13.0. The van der Waals surface area contributed by atoms with Crippen molar-refractivity contribution in [1.82, 2.24) is 4.72 Å². The second-order valence-electron chi connectivity index (χ2n) is 7.89. The fourth-order valence-electron chi connectivity index (χ4n) is 3.97. The third kappa shape index (κ3) is 5.57. The molecule has 3 aromatic rings. The van der Waals surface area contributed by atoms with Gasteiger partial charge in [-0.2, -0.15) is 0 Å². The molecule has 0 saturated carbocycles. The first kappa shape index (κ1) is 22.2. The van der Waals surface area contributed by atoms with Gasteiger partial charge in [-0.3, -0.25) is 0 Å². The number of nitrogens with two attached hydrogens (primary N) is 1. The lowest BCUT2D eigenvalue weighted by Crippen LogP contribution is -2.37. The summed E-state index contributed by atoms with van der Waals surface area (Å²) < 4.78 is 29.0. The van der Waals surface area contributed by atoms with Crippen molar-refractivity contribution >= 4 is 10.0 Å². The fraction of sp³-hybridized carbons (Fsp3) is 0.280. The van der Waals surface area contributed by atoms with E-state index in [2.05, 4.69) is 23.8 Å². The maximum atomic E-state index is 13.0. The molecule has 158 valence electrons. The minimum atomic E-state index is -3.55. The highest BCUT2D eigenvalue weighted by atomic mass is 32.2. The monoisotopic (exact) mass is 422 g/mol. The van der Waals surface area contributed by atoms with Gasteiger partial charge in [0.05, 0.1) is 17.8 Å². The molecule has 3 rings (SSSR count). The lowest BCUT2D eigenvalue weighted by atomic mass is 9.95. The van der Waals surface area contributed by atoms with Crippen LogP contribution in [0.5, 0.6) is 0 Å². The van der Waals surface area contributed by atoms with E-state index in [1.165, 1.54) is 5.56 Å². The van der Waals surface area contributed by atoms with Crippen LogP contribution >= 0.6 is 0 Å². The van der Waals surface area contributed by atoms with Crippen molar-refractivity contribution in [3.63, 3.8) is 0 Å². The first-order valence-electron chi connectivity index (χ1n) is 10.2. The van der Waals surface area contributed by atoms with Crippen molar-refractivity contribution in [2.45, 2.75) is 39.3 Å². The molecule has 0 aliphatic heterocycles. The van der Waals surface area contributed by atoms with Crippen molar-refractivity contribution < 1.29 is 8.42 Å². The SMILES string of the molecule is Cc1cc(C)c(CCS(=O)(=O)NC(c2ccccc2)C(N)c2ccccc2)c(C)c1. The maximum Gasteiger partial charge on any atom is 0.212 e. The summed E-state index contributed by atoms with van der Waals surface area (Å²) in [6.45, 7) is 6.12. The predicted octanol–water partition coefficient (Wildman–Crippen LogP) is 4.52. The minimum Gasteiger partial charge on any atom is -0.322 e. The summed E-state index contributed by atoms with van der Waals surface area (Å²) in [4.78, 5) is 0. The van der Waals surface area contributed by atoms with Crippen LogP contribution in [0.3, 0.4) is 0 Å². The third-order valence-corrected chi connectivity index (χ3v) is 6.82. The summed E-state index contributed by atoms with van der Waals surface area (Å²) in [6.07, 6.45) is 0.468. The standard InChI is InChI=1S/C25H30N2O2S/c1-18-16-19(2)23(20(3)17-18)14-15-30(28,29)27-25(22-12-8-5-9-13-22)24(26)21-10-6-4-7-11-21/h4-13,16-17,24-25,27H,14-15,26H2,1-3H3. The normalized spacial score (nSPS) is 13.7. The minimum absolute atomic E-state index is 0.0165. The molecule has 0 heterocycles. The van der Waals surface area contributed by atoms with E-state index >= 15 is 0 Å². The van der Waals surface area contributed by atoms with Gasteiger partial charge in [-0.05, 0) is 55.0 Å². The zero-order chi connectivity index (χ0) is 21.7. The lowest BCUT2D eigenvalue weighted by molar-refractivity contribution is 0.503. The average Bonchev–Trinajstić information content (AvgIpc) is 2.72. The third-order valence-electron chi connectivity index (χ3n) is 5.47. The van der Waals surface area contributed by atoms with Crippen molar-refractivity contribution in [2.75, 3.05) is 5.75 Å². The highest BCUT2D eigenvalue weighted by Crippen LogP contribution is 2.28. The Kier molecular flexibility index (Phi) is 7.08. The second kappa shape index (κ2) is 9.56. The number of sulfonamides is 1. The molecule has 0 amide bonds. The fourth-order valence-corrected chi connectivity index (χ4v) is 5.23. The molecule has 0 aliphatic rings. The van der Waals surface area contributed by atoms with E-state index in [9.17, 15) is 8.42 Å². The Balaban J connectivity index is 1.83. The first-order valence-corrected chi connectivity index (χ1v) is 11.8. The number of rotatable bonds is 8. The van der Waals surface area contributed by atoms with Crippen LogP contribution < -0.4 is 10.5 Å². The molecule has 0 aromatic heterocycles. The molecule has 2 atom stereocenters. The van der Waals surface area contributed by atoms with E-state index in [4.69, 9.17) is 5.73 Å². The molecule has 0 aliphatic carbocycles. The van der Waals surface area contributed by atoms with E-state index in [0.717, 1.165) is 27.8 Å². The molecule has 3 aromatic carbocycles.